The fourth-order valence-corrected chi connectivity index (χ4v) is 5.99. The Kier molecular flexibility index (Phi) is 6.78. The molecule has 4 aromatic rings. The maximum absolute atomic E-state index is 15.1. The summed E-state index contributed by atoms with van der Waals surface area (Å²) in [4.78, 5) is 30.4. The summed E-state index contributed by atoms with van der Waals surface area (Å²) in [5, 5.41) is 20.2. The average Bonchev–Trinajstić information content (AvgIpc) is 3.99. The second-order valence-corrected chi connectivity index (χ2v) is 12.4. The third-order valence-corrected chi connectivity index (χ3v) is 9.18. The number of nitrogens with one attached hydrogen (secondary N) is 1. The Morgan fingerprint density at radius 3 is 2.52 bits per heavy atom. The van der Waals surface area contributed by atoms with Crippen molar-refractivity contribution in [1.29, 1.82) is 0 Å². The largest absolute Gasteiger partial charge is 0.494 e. The van der Waals surface area contributed by atoms with Gasteiger partial charge in [-0.15, -0.1) is 0 Å². The minimum Gasteiger partial charge on any atom is -0.494 e. The number of amides is 2. The van der Waals surface area contributed by atoms with Gasteiger partial charge in [-0.1, -0.05) is 0 Å². The fourth-order valence-electron chi connectivity index (χ4n) is 5.99. The van der Waals surface area contributed by atoms with Crippen LogP contribution in [0.15, 0.2) is 30.5 Å². The minimum absolute atomic E-state index is 0.0952. The van der Waals surface area contributed by atoms with Crippen molar-refractivity contribution in [2.45, 2.75) is 49.7 Å². The highest BCUT2D eigenvalue weighted by Gasteiger charge is 2.50. The highest BCUT2D eigenvalue weighted by atomic mass is 19.2. The molecular formula is C32H29F4N5O5. The number of benzene rings is 2. The molecule has 0 spiro atoms. The summed E-state index contributed by atoms with van der Waals surface area (Å²) in [7, 11) is 1.47. The summed E-state index contributed by atoms with van der Waals surface area (Å²) < 4.78 is 70.7. The van der Waals surface area contributed by atoms with Crippen LogP contribution in [0.4, 0.5) is 17.6 Å². The van der Waals surface area contributed by atoms with Gasteiger partial charge in [-0.25, -0.2) is 22.5 Å². The van der Waals surface area contributed by atoms with E-state index in [1.807, 2.05) is 10.9 Å². The maximum atomic E-state index is 15.1. The van der Waals surface area contributed by atoms with Crippen LogP contribution in [0.1, 0.15) is 60.3 Å². The van der Waals surface area contributed by atoms with Crippen molar-refractivity contribution in [3.8, 4) is 22.8 Å². The van der Waals surface area contributed by atoms with Crippen LogP contribution in [0.2, 0.25) is 0 Å². The molecule has 10 nitrogen and oxygen atoms in total. The Morgan fingerprint density at radius 1 is 1.13 bits per heavy atom. The number of aliphatic hydroxyl groups is 1. The molecule has 4 N–H and O–H groups in total. The lowest BCUT2D eigenvalue weighted by molar-refractivity contribution is -0.123. The predicted molar refractivity (Wildman–Crippen MR) is 155 cm³/mol. The number of hydrogen-bond donors (Lipinski definition) is 3. The van der Waals surface area contributed by atoms with Crippen LogP contribution in [0.25, 0.3) is 22.2 Å². The number of carbonyl (C=O) groups excluding carboxylic acids is 2. The molecule has 2 aliphatic carbocycles. The predicted octanol–water partition coefficient (Wildman–Crippen LogP) is 4.16. The number of aromatic nitrogens is 3. The number of ether oxygens (including phenoxy) is 2. The fraction of sp³-hybridized carbons (Fsp3) is 0.375. The number of rotatable bonds is 9. The summed E-state index contributed by atoms with van der Waals surface area (Å²) in [6.07, 6.45) is 4.96. The number of fused-ring (bicyclic) bond motifs is 2. The van der Waals surface area contributed by atoms with Gasteiger partial charge in [-0.05, 0) is 62.8 Å². The van der Waals surface area contributed by atoms with Gasteiger partial charge < -0.3 is 25.6 Å². The van der Waals surface area contributed by atoms with Crippen LogP contribution in [-0.4, -0.2) is 51.9 Å². The van der Waals surface area contributed by atoms with Crippen LogP contribution in [-0.2, 0) is 15.8 Å². The second-order valence-electron chi connectivity index (χ2n) is 12.4. The quantitative estimate of drug-likeness (QED) is 0.142. The van der Waals surface area contributed by atoms with Gasteiger partial charge in [-0.3, -0.25) is 14.3 Å². The summed E-state index contributed by atoms with van der Waals surface area (Å²) in [6, 6.07) is 5.31. The smallest absolute Gasteiger partial charge is 0.251 e. The molecule has 2 aromatic heterocycles. The van der Waals surface area contributed by atoms with E-state index in [1.165, 1.54) is 20.1 Å². The lowest BCUT2D eigenvalue weighted by Crippen LogP contribution is -2.44. The molecule has 2 amide bonds. The van der Waals surface area contributed by atoms with E-state index in [0.717, 1.165) is 12.8 Å². The third kappa shape index (κ3) is 4.65. The number of carbonyl (C=O) groups is 2. The van der Waals surface area contributed by atoms with E-state index in [1.54, 1.807) is 12.1 Å². The van der Waals surface area contributed by atoms with E-state index in [0.29, 0.717) is 41.6 Å². The molecule has 2 saturated carbocycles. The molecule has 0 bridgehead atoms. The molecule has 240 valence electrons. The Bertz CT molecular complexity index is 1960. The van der Waals surface area contributed by atoms with Gasteiger partial charge in [-0.2, -0.15) is 5.10 Å². The molecule has 0 radical (unpaired) electrons. The SMILES string of the molecule is COc1cc(C(=O)NC[C@](O)(c2cc3c(c(-c4cc(F)c(F)c(F)c4F)n2)OC[C@]3(C)C(N)=O)C2CC2)cc2cn(C3CC3)nc12. The first-order valence-corrected chi connectivity index (χ1v) is 14.7. The van der Waals surface area contributed by atoms with E-state index in [9.17, 15) is 27.9 Å². The zero-order chi connectivity index (χ0) is 32.7. The van der Waals surface area contributed by atoms with Crippen LogP contribution < -0.4 is 20.5 Å². The lowest BCUT2D eigenvalue weighted by atomic mass is 9.81. The number of nitrogens with zero attached hydrogens (tertiary/aromatic N) is 3. The molecule has 1 aliphatic heterocycles. The monoisotopic (exact) mass is 639 g/mol. The molecule has 3 heterocycles. The molecular weight excluding hydrogens is 610 g/mol. The lowest BCUT2D eigenvalue weighted by Gasteiger charge is -2.30. The summed E-state index contributed by atoms with van der Waals surface area (Å²) in [5.41, 5.74) is 1.92. The van der Waals surface area contributed by atoms with Gasteiger partial charge in [0.1, 0.15) is 40.3 Å². The van der Waals surface area contributed by atoms with Crippen LogP contribution >= 0.6 is 0 Å². The molecule has 0 unspecified atom stereocenters. The zero-order valence-electron chi connectivity index (χ0n) is 24.8. The molecule has 2 fully saturated rings. The molecule has 14 heteroatoms. The van der Waals surface area contributed by atoms with Crippen LogP contribution in [0.3, 0.4) is 0 Å². The molecule has 46 heavy (non-hydrogen) atoms. The molecule has 2 atom stereocenters. The standard InChI is InChI=1S/C32H29F4N5O5/c1-31(30(37)43)13-46-28-19(31)10-22(39-27(28)18-9-20(33)24(35)25(36)23(18)34)32(44,16-3-4-16)12-38-29(42)14-7-15-11-41(17-5-6-17)40-26(15)21(8-14)45-2/h7-11,16-17,44H,3-6,12-13H2,1-2H3,(H2,37,43)(H,38,42)/t31-,32+/m0/s1. The van der Waals surface area contributed by atoms with E-state index in [2.05, 4.69) is 15.4 Å². The first-order valence-electron chi connectivity index (χ1n) is 14.7. The maximum Gasteiger partial charge on any atom is 0.251 e. The molecule has 2 aromatic carbocycles. The van der Waals surface area contributed by atoms with Gasteiger partial charge in [0.15, 0.2) is 23.3 Å². The van der Waals surface area contributed by atoms with Gasteiger partial charge in [0.25, 0.3) is 5.91 Å². The Labute approximate surface area is 259 Å². The topological polar surface area (TPSA) is 142 Å². The van der Waals surface area contributed by atoms with Crippen molar-refractivity contribution in [2.24, 2.45) is 11.7 Å². The van der Waals surface area contributed by atoms with E-state index in [-0.39, 0.29) is 35.7 Å². The number of hydrogen-bond acceptors (Lipinski definition) is 7. The van der Waals surface area contributed by atoms with Crippen molar-refractivity contribution in [2.75, 3.05) is 20.3 Å². The highest BCUT2D eigenvalue weighted by Crippen LogP contribution is 2.50. The Balaban J connectivity index is 1.29. The van der Waals surface area contributed by atoms with E-state index < -0.39 is 63.3 Å². The van der Waals surface area contributed by atoms with Crippen molar-refractivity contribution in [1.82, 2.24) is 20.1 Å². The molecule has 7 rings (SSSR count). The van der Waals surface area contributed by atoms with Crippen molar-refractivity contribution < 1.29 is 41.7 Å². The van der Waals surface area contributed by atoms with Gasteiger partial charge in [0.2, 0.25) is 5.91 Å². The van der Waals surface area contributed by atoms with Gasteiger partial charge in [0, 0.05) is 28.3 Å². The first-order chi connectivity index (χ1) is 21.9. The van der Waals surface area contributed by atoms with Gasteiger partial charge >= 0.3 is 0 Å². The minimum atomic E-state index is -2.06. The number of primary amides is 1. The molecule has 0 saturated heterocycles. The zero-order valence-corrected chi connectivity index (χ0v) is 24.8. The summed E-state index contributed by atoms with van der Waals surface area (Å²) in [5.74, 6) is -9.06. The van der Waals surface area contributed by atoms with E-state index >= 15 is 4.39 Å². The van der Waals surface area contributed by atoms with Crippen LogP contribution in [0, 0.1) is 29.2 Å². The second kappa shape index (κ2) is 10.4. The number of pyridine rings is 1. The molecule has 3 aliphatic rings. The number of halogens is 4. The number of nitrogens with two attached hydrogens (primary N) is 1. The third-order valence-electron chi connectivity index (χ3n) is 9.18. The Hall–Kier alpha value is -4.72. The Morgan fingerprint density at radius 2 is 1.87 bits per heavy atom. The van der Waals surface area contributed by atoms with Gasteiger partial charge in [0.05, 0.1) is 25.4 Å². The average molecular weight is 640 g/mol. The van der Waals surface area contributed by atoms with Crippen molar-refractivity contribution >= 4 is 22.7 Å². The number of methoxy groups -OCH3 is 1. The van der Waals surface area contributed by atoms with E-state index in [4.69, 9.17) is 15.2 Å². The first kappa shape index (κ1) is 30.0. The van der Waals surface area contributed by atoms with Crippen LogP contribution in [0.5, 0.6) is 11.5 Å². The van der Waals surface area contributed by atoms with Crippen molar-refractivity contribution in [3.63, 3.8) is 0 Å². The summed E-state index contributed by atoms with van der Waals surface area (Å²) >= 11 is 0. The normalized spacial score (nSPS) is 20.2. The highest BCUT2D eigenvalue weighted by molar-refractivity contribution is 6.00. The summed E-state index contributed by atoms with van der Waals surface area (Å²) in [6.45, 7) is 0.791. The van der Waals surface area contributed by atoms with Crippen molar-refractivity contribution in [3.05, 3.63) is 70.6 Å².